The Labute approximate surface area is 201 Å². The van der Waals surface area contributed by atoms with E-state index in [0.717, 1.165) is 29.8 Å². The van der Waals surface area contributed by atoms with Crippen molar-refractivity contribution in [3.8, 4) is 34.2 Å². The monoisotopic (exact) mass is 508 g/mol. The normalized spacial score (nSPS) is 11.9. The van der Waals surface area contributed by atoms with Crippen molar-refractivity contribution in [2.45, 2.75) is 26.3 Å². The molecular weight excluding hydrogens is 490 g/mol. The van der Waals surface area contributed by atoms with E-state index in [-0.39, 0.29) is 6.61 Å². The minimum atomic E-state index is -4.83. The Hall–Kier alpha value is -4.15. The van der Waals surface area contributed by atoms with Crippen LogP contribution in [-0.2, 0) is 6.61 Å². The minimum Gasteiger partial charge on any atom is -0.487 e. The van der Waals surface area contributed by atoms with Gasteiger partial charge in [-0.05, 0) is 79.2 Å². The summed E-state index contributed by atoms with van der Waals surface area (Å²) in [6.07, 6.45) is -9.66. The van der Waals surface area contributed by atoms with Crippen molar-refractivity contribution < 1.29 is 40.6 Å². The number of hydrogen-bond donors (Lipinski definition) is 0. The van der Waals surface area contributed by atoms with Gasteiger partial charge in [0.2, 0.25) is 0 Å². The molecule has 4 rings (SSSR count). The lowest BCUT2D eigenvalue weighted by Gasteiger charge is -2.12. The third-order valence-corrected chi connectivity index (χ3v) is 4.83. The van der Waals surface area contributed by atoms with E-state index >= 15 is 0 Å². The molecule has 0 spiro atoms. The first-order valence-corrected chi connectivity index (χ1v) is 10.5. The smallest absolute Gasteiger partial charge is 0.487 e. The Morgan fingerprint density at radius 2 is 1.31 bits per heavy atom. The summed E-state index contributed by atoms with van der Waals surface area (Å²) in [5, 5.41) is 4.50. The van der Waals surface area contributed by atoms with Gasteiger partial charge < -0.3 is 14.2 Å². The minimum absolute atomic E-state index is 0.0774. The van der Waals surface area contributed by atoms with Crippen LogP contribution in [0.2, 0.25) is 0 Å². The van der Waals surface area contributed by atoms with E-state index in [2.05, 4.69) is 14.6 Å². The Bertz CT molecular complexity index is 1240. The highest BCUT2D eigenvalue weighted by Crippen LogP contribution is 2.30. The van der Waals surface area contributed by atoms with Crippen LogP contribution < -0.4 is 14.2 Å². The lowest BCUT2D eigenvalue weighted by molar-refractivity contribution is -0.275. The molecule has 3 aromatic carbocycles. The number of nitrogens with zero attached hydrogens (tertiary/aromatic N) is 2. The number of hydrogen-bond acceptors (Lipinski definition) is 4. The number of halogens is 6. The van der Waals surface area contributed by atoms with Crippen LogP contribution >= 0.6 is 0 Å². The Morgan fingerprint density at radius 3 is 1.86 bits per heavy atom. The molecule has 0 unspecified atom stereocenters. The maximum atomic E-state index is 12.5. The number of rotatable bonds is 7. The van der Waals surface area contributed by atoms with E-state index in [0.29, 0.717) is 28.4 Å². The summed E-state index contributed by atoms with van der Waals surface area (Å²) in [6.45, 7) is 1.99. The molecule has 4 aromatic rings. The molecule has 188 valence electrons. The van der Waals surface area contributed by atoms with Crippen LogP contribution in [0, 0.1) is 6.92 Å². The summed E-state index contributed by atoms with van der Waals surface area (Å²) < 4.78 is 90.1. The molecule has 1 heterocycles. The SMILES string of the molecule is Cc1cccc(OCc2cc(-c3ccc(OC(F)(F)F)cc3)n(-c3ccc(OC(F)(F)F)cc3)n2)c1. The second-order valence-corrected chi connectivity index (χ2v) is 7.65. The Morgan fingerprint density at radius 1 is 0.722 bits per heavy atom. The van der Waals surface area contributed by atoms with Crippen molar-refractivity contribution in [3.63, 3.8) is 0 Å². The van der Waals surface area contributed by atoms with Gasteiger partial charge in [0.05, 0.1) is 11.4 Å². The number of alkyl halides is 6. The second kappa shape index (κ2) is 9.84. The molecule has 36 heavy (non-hydrogen) atoms. The summed E-state index contributed by atoms with van der Waals surface area (Å²) in [5.41, 5.74) is 2.85. The molecular formula is C25H18F6N2O3. The molecule has 0 amide bonds. The average Bonchev–Trinajstić information content (AvgIpc) is 3.21. The highest BCUT2D eigenvalue weighted by molar-refractivity contribution is 5.63. The zero-order chi connectivity index (χ0) is 25.9. The van der Waals surface area contributed by atoms with Crippen LogP contribution in [0.1, 0.15) is 11.3 Å². The lowest BCUT2D eigenvalue weighted by Crippen LogP contribution is -2.17. The summed E-state index contributed by atoms with van der Waals surface area (Å²) in [5.74, 6) is -0.181. The Balaban J connectivity index is 1.65. The molecule has 11 heteroatoms. The molecule has 0 saturated heterocycles. The van der Waals surface area contributed by atoms with Crippen LogP contribution in [0.25, 0.3) is 16.9 Å². The molecule has 0 saturated carbocycles. The molecule has 0 aliphatic rings. The highest BCUT2D eigenvalue weighted by atomic mass is 19.4. The number of aryl methyl sites for hydroxylation is 1. The van der Waals surface area contributed by atoms with Crippen LogP contribution in [0.3, 0.4) is 0 Å². The topological polar surface area (TPSA) is 45.5 Å². The van der Waals surface area contributed by atoms with Gasteiger partial charge in [0.25, 0.3) is 0 Å². The first-order chi connectivity index (χ1) is 16.9. The van der Waals surface area contributed by atoms with Crippen molar-refractivity contribution in [1.29, 1.82) is 0 Å². The van der Waals surface area contributed by atoms with Gasteiger partial charge in [-0.1, -0.05) is 12.1 Å². The molecule has 0 radical (unpaired) electrons. The van der Waals surface area contributed by atoms with Gasteiger partial charge in [-0.2, -0.15) is 5.10 Å². The largest absolute Gasteiger partial charge is 0.573 e. The van der Waals surface area contributed by atoms with E-state index in [1.807, 2.05) is 25.1 Å². The summed E-state index contributed by atoms with van der Waals surface area (Å²) in [4.78, 5) is 0. The maximum Gasteiger partial charge on any atom is 0.573 e. The van der Waals surface area contributed by atoms with E-state index < -0.39 is 24.2 Å². The van der Waals surface area contributed by atoms with Gasteiger partial charge in [0, 0.05) is 5.56 Å². The van der Waals surface area contributed by atoms with Gasteiger partial charge in [-0.3, -0.25) is 0 Å². The maximum absolute atomic E-state index is 12.5. The first-order valence-electron chi connectivity index (χ1n) is 10.5. The number of benzene rings is 3. The summed E-state index contributed by atoms with van der Waals surface area (Å²) in [7, 11) is 0. The molecule has 5 nitrogen and oxygen atoms in total. The predicted octanol–water partition coefficient (Wildman–Crippen LogP) is 7.22. The molecule has 0 aliphatic heterocycles. The Kier molecular flexibility index (Phi) is 6.82. The van der Waals surface area contributed by atoms with E-state index in [1.54, 1.807) is 12.1 Å². The third kappa shape index (κ3) is 6.71. The molecule has 0 fully saturated rings. The van der Waals surface area contributed by atoms with Crippen LogP contribution in [0.5, 0.6) is 17.2 Å². The predicted molar refractivity (Wildman–Crippen MR) is 118 cm³/mol. The number of ether oxygens (including phenoxy) is 3. The molecule has 0 atom stereocenters. The number of aromatic nitrogens is 2. The van der Waals surface area contributed by atoms with Crippen molar-refractivity contribution in [2.75, 3.05) is 0 Å². The van der Waals surface area contributed by atoms with Crippen molar-refractivity contribution in [3.05, 3.63) is 90.1 Å². The molecule has 0 N–H and O–H groups in total. The van der Waals surface area contributed by atoms with Gasteiger partial charge >= 0.3 is 12.7 Å². The molecule has 0 aliphatic carbocycles. The lowest BCUT2D eigenvalue weighted by atomic mass is 10.1. The van der Waals surface area contributed by atoms with Gasteiger partial charge in [-0.15, -0.1) is 26.3 Å². The van der Waals surface area contributed by atoms with E-state index in [9.17, 15) is 26.3 Å². The second-order valence-electron chi connectivity index (χ2n) is 7.65. The third-order valence-electron chi connectivity index (χ3n) is 4.83. The van der Waals surface area contributed by atoms with Crippen molar-refractivity contribution in [1.82, 2.24) is 9.78 Å². The van der Waals surface area contributed by atoms with Crippen LogP contribution in [-0.4, -0.2) is 22.5 Å². The summed E-state index contributed by atoms with van der Waals surface area (Å²) >= 11 is 0. The van der Waals surface area contributed by atoms with Gasteiger partial charge in [-0.25, -0.2) is 4.68 Å². The zero-order valence-corrected chi connectivity index (χ0v) is 18.6. The quantitative estimate of drug-likeness (QED) is 0.247. The van der Waals surface area contributed by atoms with Crippen molar-refractivity contribution in [2.24, 2.45) is 0 Å². The van der Waals surface area contributed by atoms with E-state index in [4.69, 9.17) is 4.74 Å². The molecule has 1 aromatic heterocycles. The fourth-order valence-corrected chi connectivity index (χ4v) is 3.38. The van der Waals surface area contributed by atoms with Gasteiger partial charge in [0.15, 0.2) is 0 Å². The van der Waals surface area contributed by atoms with Crippen LogP contribution in [0.4, 0.5) is 26.3 Å². The fourth-order valence-electron chi connectivity index (χ4n) is 3.38. The fraction of sp³-hybridized carbons (Fsp3) is 0.160. The molecule has 0 bridgehead atoms. The summed E-state index contributed by atoms with van der Waals surface area (Å²) in [6, 6.07) is 19.2. The average molecular weight is 508 g/mol. The van der Waals surface area contributed by atoms with Crippen molar-refractivity contribution >= 4 is 0 Å². The standard InChI is InChI=1S/C25H18F6N2O3/c1-16-3-2-4-22(13-16)34-15-18-14-23(17-5-9-20(10-6-17)35-24(26,27)28)33(32-18)19-7-11-21(12-8-19)36-25(29,30)31/h2-14H,15H2,1H3. The van der Waals surface area contributed by atoms with E-state index in [1.165, 1.54) is 28.9 Å². The highest BCUT2D eigenvalue weighted by Gasteiger charge is 2.31. The first kappa shape index (κ1) is 25.0. The zero-order valence-electron chi connectivity index (χ0n) is 18.6. The van der Waals surface area contributed by atoms with Gasteiger partial charge in [0.1, 0.15) is 29.5 Å². The van der Waals surface area contributed by atoms with Crippen LogP contribution in [0.15, 0.2) is 78.9 Å².